The Balaban J connectivity index is 1.65. The van der Waals surface area contributed by atoms with Crippen molar-refractivity contribution in [2.75, 3.05) is 26.2 Å². The Morgan fingerprint density at radius 1 is 1.23 bits per heavy atom. The summed E-state index contributed by atoms with van der Waals surface area (Å²) in [6.07, 6.45) is 1.28. The Labute approximate surface area is 132 Å². The van der Waals surface area contributed by atoms with E-state index in [1.807, 2.05) is 0 Å². The van der Waals surface area contributed by atoms with Crippen molar-refractivity contribution in [2.24, 2.45) is 11.8 Å². The summed E-state index contributed by atoms with van der Waals surface area (Å²) in [7, 11) is 0. The van der Waals surface area contributed by atoms with Gasteiger partial charge in [0.25, 0.3) is 0 Å². The molecule has 1 aliphatic heterocycles. The van der Waals surface area contributed by atoms with Crippen molar-refractivity contribution in [3.8, 4) is 0 Å². The molecule has 0 aliphatic carbocycles. The zero-order chi connectivity index (χ0) is 15.9. The van der Waals surface area contributed by atoms with Crippen molar-refractivity contribution in [1.82, 2.24) is 15.5 Å². The number of likely N-dealkylation sites (tertiary alicyclic amines) is 1. The summed E-state index contributed by atoms with van der Waals surface area (Å²) < 4.78 is 13.4. The first kappa shape index (κ1) is 16.7. The lowest BCUT2D eigenvalue weighted by molar-refractivity contribution is 0.142. The molecule has 0 aromatic heterocycles. The Morgan fingerprint density at radius 3 is 2.59 bits per heavy atom. The molecule has 1 aromatic carbocycles. The van der Waals surface area contributed by atoms with E-state index in [0.29, 0.717) is 12.1 Å². The van der Waals surface area contributed by atoms with Gasteiger partial charge in [-0.2, -0.15) is 0 Å². The molecule has 2 rings (SSSR count). The molecule has 2 amide bonds. The third-order valence-corrected chi connectivity index (χ3v) is 4.06. The van der Waals surface area contributed by atoms with Crippen LogP contribution in [0.5, 0.6) is 0 Å². The van der Waals surface area contributed by atoms with Gasteiger partial charge in [-0.15, -0.1) is 0 Å². The zero-order valence-corrected chi connectivity index (χ0v) is 13.4. The van der Waals surface area contributed by atoms with E-state index >= 15 is 0 Å². The number of piperidine rings is 1. The minimum atomic E-state index is -0.293. The van der Waals surface area contributed by atoms with E-state index in [4.69, 9.17) is 0 Å². The fourth-order valence-electron chi connectivity index (χ4n) is 3.18. The van der Waals surface area contributed by atoms with Gasteiger partial charge in [0.15, 0.2) is 0 Å². The SMILES string of the molecule is C[C@@H]1C[C@H](C)CN(CCNC(=O)NCc2ccccc2F)C1. The third-order valence-electron chi connectivity index (χ3n) is 4.06. The number of nitrogens with one attached hydrogen (secondary N) is 2. The smallest absolute Gasteiger partial charge is 0.315 e. The molecule has 1 saturated heterocycles. The highest BCUT2D eigenvalue weighted by Crippen LogP contribution is 2.20. The van der Waals surface area contributed by atoms with Gasteiger partial charge in [0.2, 0.25) is 0 Å². The molecule has 0 radical (unpaired) electrons. The monoisotopic (exact) mass is 307 g/mol. The maximum absolute atomic E-state index is 13.4. The van der Waals surface area contributed by atoms with E-state index in [1.54, 1.807) is 18.2 Å². The maximum Gasteiger partial charge on any atom is 0.315 e. The predicted octanol–water partition coefficient (Wildman–Crippen LogP) is 2.60. The molecular weight excluding hydrogens is 281 g/mol. The van der Waals surface area contributed by atoms with E-state index in [2.05, 4.69) is 29.4 Å². The summed E-state index contributed by atoms with van der Waals surface area (Å²) in [6, 6.07) is 6.22. The van der Waals surface area contributed by atoms with Crippen molar-refractivity contribution in [3.63, 3.8) is 0 Å². The number of carbonyl (C=O) groups excluding carboxylic acids is 1. The number of hydrogen-bond donors (Lipinski definition) is 2. The van der Waals surface area contributed by atoms with Crippen LogP contribution in [-0.4, -0.2) is 37.1 Å². The van der Waals surface area contributed by atoms with Gasteiger partial charge in [0.1, 0.15) is 5.82 Å². The van der Waals surface area contributed by atoms with E-state index in [0.717, 1.165) is 31.5 Å². The predicted molar refractivity (Wildman–Crippen MR) is 86.0 cm³/mol. The first-order valence-corrected chi connectivity index (χ1v) is 8.02. The highest BCUT2D eigenvalue weighted by molar-refractivity contribution is 5.73. The summed E-state index contributed by atoms with van der Waals surface area (Å²) in [4.78, 5) is 14.1. The standard InChI is InChI=1S/C17H26FN3O/c1-13-9-14(2)12-21(11-13)8-7-19-17(22)20-10-15-5-3-4-6-16(15)18/h3-6,13-14H,7-12H2,1-2H3,(H2,19,20,22)/t13-,14+. The summed E-state index contributed by atoms with van der Waals surface area (Å²) >= 11 is 0. The van der Waals surface area contributed by atoms with Gasteiger partial charge in [-0.3, -0.25) is 0 Å². The van der Waals surface area contributed by atoms with Crippen LogP contribution in [0.25, 0.3) is 0 Å². The second-order valence-corrected chi connectivity index (χ2v) is 6.41. The Morgan fingerprint density at radius 2 is 1.91 bits per heavy atom. The molecule has 0 spiro atoms. The lowest BCUT2D eigenvalue weighted by Gasteiger charge is -2.34. The summed E-state index contributed by atoms with van der Waals surface area (Å²) in [5.74, 6) is 1.15. The molecule has 0 unspecified atom stereocenters. The lowest BCUT2D eigenvalue weighted by atomic mass is 9.92. The van der Waals surface area contributed by atoms with Crippen LogP contribution in [0, 0.1) is 17.7 Å². The summed E-state index contributed by atoms with van der Waals surface area (Å²) in [5.41, 5.74) is 0.497. The number of halogens is 1. The minimum absolute atomic E-state index is 0.205. The molecule has 22 heavy (non-hydrogen) atoms. The first-order valence-electron chi connectivity index (χ1n) is 8.02. The van der Waals surface area contributed by atoms with Crippen LogP contribution in [0.3, 0.4) is 0 Å². The van der Waals surface area contributed by atoms with Crippen LogP contribution in [0.2, 0.25) is 0 Å². The summed E-state index contributed by atoms with van der Waals surface area (Å²) in [5, 5.41) is 5.52. The van der Waals surface area contributed by atoms with Gasteiger partial charge in [-0.1, -0.05) is 32.0 Å². The third kappa shape index (κ3) is 5.30. The Kier molecular flexibility index (Phi) is 6.19. The molecule has 5 heteroatoms. The van der Waals surface area contributed by atoms with Gasteiger partial charge < -0.3 is 15.5 Å². The molecule has 122 valence electrons. The highest BCUT2D eigenvalue weighted by Gasteiger charge is 2.21. The summed E-state index contributed by atoms with van der Waals surface area (Å²) in [6.45, 7) is 8.43. The number of hydrogen-bond acceptors (Lipinski definition) is 2. The van der Waals surface area contributed by atoms with Crippen molar-refractivity contribution in [3.05, 3.63) is 35.6 Å². The van der Waals surface area contributed by atoms with Crippen LogP contribution in [0.1, 0.15) is 25.8 Å². The van der Waals surface area contributed by atoms with Crippen LogP contribution in [0.15, 0.2) is 24.3 Å². The number of urea groups is 1. The van der Waals surface area contributed by atoms with Gasteiger partial charge >= 0.3 is 6.03 Å². The van der Waals surface area contributed by atoms with Gasteiger partial charge in [-0.05, 0) is 24.3 Å². The molecule has 1 fully saturated rings. The lowest BCUT2D eigenvalue weighted by Crippen LogP contribution is -2.44. The molecule has 2 N–H and O–H groups in total. The van der Waals surface area contributed by atoms with Crippen LogP contribution < -0.4 is 10.6 Å². The highest BCUT2D eigenvalue weighted by atomic mass is 19.1. The second kappa shape index (κ2) is 8.13. The maximum atomic E-state index is 13.4. The zero-order valence-electron chi connectivity index (χ0n) is 13.4. The van der Waals surface area contributed by atoms with Crippen molar-refractivity contribution in [2.45, 2.75) is 26.8 Å². The number of rotatable bonds is 5. The second-order valence-electron chi connectivity index (χ2n) is 6.41. The van der Waals surface area contributed by atoms with Crippen molar-refractivity contribution >= 4 is 6.03 Å². The van der Waals surface area contributed by atoms with Gasteiger partial charge in [-0.25, -0.2) is 9.18 Å². The van der Waals surface area contributed by atoms with E-state index in [-0.39, 0.29) is 18.4 Å². The quantitative estimate of drug-likeness (QED) is 0.878. The molecule has 1 heterocycles. The molecule has 1 aromatic rings. The largest absolute Gasteiger partial charge is 0.337 e. The van der Waals surface area contributed by atoms with E-state index < -0.39 is 0 Å². The molecular formula is C17H26FN3O. The fraction of sp³-hybridized carbons (Fsp3) is 0.588. The number of nitrogens with zero attached hydrogens (tertiary/aromatic N) is 1. The average molecular weight is 307 g/mol. The number of amides is 2. The Bertz CT molecular complexity index is 485. The molecule has 1 aliphatic rings. The minimum Gasteiger partial charge on any atom is -0.337 e. The van der Waals surface area contributed by atoms with E-state index in [1.165, 1.54) is 12.5 Å². The van der Waals surface area contributed by atoms with E-state index in [9.17, 15) is 9.18 Å². The van der Waals surface area contributed by atoms with Crippen LogP contribution in [0.4, 0.5) is 9.18 Å². The number of benzene rings is 1. The average Bonchev–Trinajstić information content (AvgIpc) is 2.45. The molecule has 0 bridgehead atoms. The van der Waals surface area contributed by atoms with Crippen LogP contribution >= 0.6 is 0 Å². The topological polar surface area (TPSA) is 44.4 Å². The van der Waals surface area contributed by atoms with Crippen molar-refractivity contribution < 1.29 is 9.18 Å². The van der Waals surface area contributed by atoms with Crippen molar-refractivity contribution in [1.29, 1.82) is 0 Å². The normalized spacial score (nSPS) is 22.3. The fourth-order valence-corrected chi connectivity index (χ4v) is 3.18. The molecule has 0 saturated carbocycles. The van der Waals surface area contributed by atoms with Gasteiger partial charge in [0, 0.05) is 38.3 Å². The number of carbonyl (C=O) groups is 1. The molecule has 4 nitrogen and oxygen atoms in total. The molecule has 2 atom stereocenters. The van der Waals surface area contributed by atoms with Crippen LogP contribution in [-0.2, 0) is 6.54 Å². The Hall–Kier alpha value is -1.62. The van der Waals surface area contributed by atoms with Gasteiger partial charge in [0.05, 0.1) is 0 Å². The first-order chi connectivity index (χ1) is 10.5.